The lowest BCUT2D eigenvalue weighted by atomic mass is 10.1. The zero-order chi connectivity index (χ0) is 16.1. The average molecular weight is 326 g/mol. The van der Waals surface area contributed by atoms with E-state index in [1.165, 1.54) is 30.5 Å². The summed E-state index contributed by atoms with van der Waals surface area (Å²) in [5.41, 5.74) is 0. The van der Waals surface area contributed by atoms with Crippen molar-refractivity contribution >= 4 is 29.1 Å². The first-order chi connectivity index (χ1) is 10.6. The largest absolute Gasteiger partial charge is 0.467 e. The Bertz CT molecular complexity index is 545. The molecule has 7 nitrogen and oxygen atoms in total. The van der Waals surface area contributed by atoms with Crippen molar-refractivity contribution in [2.45, 2.75) is 6.04 Å². The number of carbonyl (C=O) groups excluding carboxylic acids is 3. The van der Waals surface area contributed by atoms with Crippen molar-refractivity contribution in [3.8, 4) is 0 Å². The fourth-order valence-electron chi connectivity index (χ4n) is 2.37. The highest BCUT2D eigenvalue weighted by Crippen LogP contribution is 2.17. The van der Waals surface area contributed by atoms with Crippen LogP contribution in [0.5, 0.6) is 0 Å². The summed E-state index contributed by atoms with van der Waals surface area (Å²) in [5, 5.41) is 1.82. The van der Waals surface area contributed by atoms with Crippen LogP contribution in [0.15, 0.2) is 17.5 Å². The Morgan fingerprint density at radius 2 is 2.09 bits per heavy atom. The van der Waals surface area contributed by atoms with Crippen molar-refractivity contribution in [3.05, 3.63) is 22.4 Å². The van der Waals surface area contributed by atoms with Gasteiger partial charge < -0.3 is 19.3 Å². The third-order valence-corrected chi connectivity index (χ3v) is 4.32. The molecule has 0 spiro atoms. The SMILES string of the molecule is COCC(=O)N1CCN(C(=O)c2cccs2)C[C@H]1C(=O)OC. The number of rotatable bonds is 4. The molecule has 0 bridgehead atoms. The van der Waals surface area contributed by atoms with Crippen LogP contribution in [0.3, 0.4) is 0 Å². The molecule has 1 aromatic heterocycles. The molecule has 2 heterocycles. The van der Waals surface area contributed by atoms with E-state index in [2.05, 4.69) is 0 Å². The van der Waals surface area contributed by atoms with Crippen LogP contribution in [0, 0.1) is 0 Å². The number of methoxy groups -OCH3 is 2. The van der Waals surface area contributed by atoms with E-state index in [9.17, 15) is 14.4 Å². The maximum Gasteiger partial charge on any atom is 0.330 e. The third kappa shape index (κ3) is 3.45. The van der Waals surface area contributed by atoms with Gasteiger partial charge >= 0.3 is 5.97 Å². The number of thiophene rings is 1. The number of hydrogen-bond acceptors (Lipinski definition) is 6. The lowest BCUT2D eigenvalue weighted by Crippen LogP contribution is -2.60. The van der Waals surface area contributed by atoms with Crippen molar-refractivity contribution in [1.29, 1.82) is 0 Å². The number of carbonyl (C=O) groups is 3. The molecule has 2 rings (SSSR count). The summed E-state index contributed by atoms with van der Waals surface area (Å²) in [5.74, 6) is -0.961. The predicted molar refractivity (Wildman–Crippen MR) is 79.6 cm³/mol. The van der Waals surface area contributed by atoms with Crippen molar-refractivity contribution < 1.29 is 23.9 Å². The van der Waals surface area contributed by atoms with Crippen molar-refractivity contribution in [1.82, 2.24) is 9.80 Å². The Morgan fingerprint density at radius 3 is 2.68 bits per heavy atom. The molecule has 2 amide bonds. The van der Waals surface area contributed by atoms with Gasteiger partial charge in [0.15, 0.2) is 0 Å². The Labute approximate surface area is 132 Å². The zero-order valence-electron chi connectivity index (χ0n) is 12.5. The molecule has 1 aromatic rings. The highest BCUT2D eigenvalue weighted by Gasteiger charge is 2.37. The van der Waals surface area contributed by atoms with Gasteiger partial charge in [-0.05, 0) is 11.4 Å². The predicted octanol–water partition coefficient (Wildman–Crippen LogP) is 0.220. The summed E-state index contributed by atoms with van der Waals surface area (Å²) in [6, 6.07) is 2.74. The molecular formula is C14H18N2O5S. The number of nitrogens with zero attached hydrogens (tertiary/aromatic N) is 2. The van der Waals surface area contributed by atoms with E-state index < -0.39 is 12.0 Å². The molecule has 120 valence electrons. The fourth-order valence-corrected chi connectivity index (χ4v) is 3.06. The first kappa shape index (κ1) is 16.4. The molecule has 0 unspecified atom stereocenters. The van der Waals surface area contributed by atoms with E-state index >= 15 is 0 Å². The molecular weight excluding hydrogens is 308 g/mol. The molecule has 8 heteroatoms. The molecule has 0 N–H and O–H groups in total. The van der Waals surface area contributed by atoms with Gasteiger partial charge in [-0.1, -0.05) is 6.07 Å². The van der Waals surface area contributed by atoms with Crippen LogP contribution in [-0.4, -0.2) is 74.1 Å². The lowest BCUT2D eigenvalue weighted by molar-refractivity contribution is -0.157. The van der Waals surface area contributed by atoms with Crippen LogP contribution < -0.4 is 0 Å². The molecule has 1 saturated heterocycles. The highest BCUT2D eigenvalue weighted by atomic mass is 32.1. The molecule has 22 heavy (non-hydrogen) atoms. The number of hydrogen-bond donors (Lipinski definition) is 0. The van der Waals surface area contributed by atoms with Gasteiger partial charge in [0, 0.05) is 20.2 Å². The summed E-state index contributed by atoms with van der Waals surface area (Å²) in [4.78, 5) is 39.9. The molecule has 1 aliphatic heterocycles. The smallest absolute Gasteiger partial charge is 0.330 e. The van der Waals surface area contributed by atoms with Crippen LogP contribution in [-0.2, 0) is 19.1 Å². The van der Waals surface area contributed by atoms with E-state index in [1.54, 1.807) is 17.0 Å². The molecule has 1 aliphatic rings. The van der Waals surface area contributed by atoms with E-state index in [0.29, 0.717) is 11.4 Å². The monoisotopic (exact) mass is 326 g/mol. The summed E-state index contributed by atoms with van der Waals surface area (Å²) in [6.45, 7) is 0.671. The summed E-state index contributed by atoms with van der Waals surface area (Å²) in [7, 11) is 2.68. The standard InChI is InChI=1S/C14H18N2O5S/c1-20-9-12(17)16-6-5-15(8-10(16)14(19)21-2)13(18)11-4-3-7-22-11/h3-4,7,10H,5-6,8-9H2,1-2H3/t10-/m0/s1. The Hall–Kier alpha value is -1.93. The zero-order valence-corrected chi connectivity index (χ0v) is 13.3. The quantitative estimate of drug-likeness (QED) is 0.740. The van der Waals surface area contributed by atoms with Gasteiger partial charge in [0.05, 0.1) is 18.5 Å². The van der Waals surface area contributed by atoms with Gasteiger partial charge in [-0.25, -0.2) is 4.79 Å². The molecule has 1 fully saturated rings. The Balaban J connectivity index is 2.13. The van der Waals surface area contributed by atoms with Gasteiger partial charge in [0.2, 0.25) is 5.91 Å². The third-order valence-electron chi connectivity index (χ3n) is 3.46. The normalized spacial score (nSPS) is 18.2. The van der Waals surface area contributed by atoms with Crippen LogP contribution in [0.2, 0.25) is 0 Å². The van der Waals surface area contributed by atoms with Gasteiger partial charge in [0.1, 0.15) is 12.6 Å². The second kappa shape index (κ2) is 7.37. The second-order valence-electron chi connectivity index (χ2n) is 4.79. The van der Waals surface area contributed by atoms with Gasteiger partial charge in [-0.2, -0.15) is 0 Å². The van der Waals surface area contributed by atoms with Crippen molar-refractivity contribution in [2.24, 2.45) is 0 Å². The number of esters is 1. The molecule has 0 saturated carbocycles. The number of amides is 2. The minimum Gasteiger partial charge on any atom is -0.467 e. The maximum atomic E-state index is 12.4. The minimum absolute atomic E-state index is 0.105. The maximum absolute atomic E-state index is 12.4. The fraction of sp³-hybridized carbons (Fsp3) is 0.500. The highest BCUT2D eigenvalue weighted by molar-refractivity contribution is 7.12. The molecule has 0 radical (unpaired) electrons. The Kier molecular flexibility index (Phi) is 5.51. The van der Waals surface area contributed by atoms with Gasteiger partial charge in [-0.15, -0.1) is 11.3 Å². The summed E-state index contributed by atoms with van der Waals surface area (Å²) >= 11 is 1.35. The Morgan fingerprint density at radius 1 is 1.32 bits per heavy atom. The number of ether oxygens (including phenoxy) is 2. The topological polar surface area (TPSA) is 76.2 Å². The lowest BCUT2D eigenvalue weighted by Gasteiger charge is -2.39. The van der Waals surface area contributed by atoms with E-state index in [1.807, 2.05) is 5.38 Å². The summed E-state index contributed by atoms with van der Waals surface area (Å²) < 4.78 is 9.59. The first-order valence-electron chi connectivity index (χ1n) is 6.77. The van der Waals surface area contributed by atoms with Crippen LogP contribution in [0.1, 0.15) is 9.67 Å². The van der Waals surface area contributed by atoms with Crippen LogP contribution in [0.25, 0.3) is 0 Å². The molecule has 1 atom stereocenters. The first-order valence-corrected chi connectivity index (χ1v) is 7.65. The molecule has 0 aromatic carbocycles. The minimum atomic E-state index is -0.801. The van der Waals surface area contributed by atoms with Crippen molar-refractivity contribution in [3.63, 3.8) is 0 Å². The van der Waals surface area contributed by atoms with Gasteiger partial charge in [0.25, 0.3) is 5.91 Å². The molecule has 0 aliphatic carbocycles. The van der Waals surface area contributed by atoms with E-state index in [-0.39, 0.29) is 31.5 Å². The second-order valence-corrected chi connectivity index (χ2v) is 5.74. The number of piperazine rings is 1. The summed E-state index contributed by atoms with van der Waals surface area (Å²) in [6.07, 6.45) is 0. The van der Waals surface area contributed by atoms with Crippen LogP contribution in [0.4, 0.5) is 0 Å². The average Bonchev–Trinajstić information content (AvgIpc) is 3.07. The van der Waals surface area contributed by atoms with Crippen LogP contribution >= 0.6 is 11.3 Å². The van der Waals surface area contributed by atoms with Gasteiger partial charge in [-0.3, -0.25) is 9.59 Å². The van der Waals surface area contributed by atoms with E-state index in [0.717, 1.165) is 0 Å². The van der Waals surface area contributed by atoms with Crippen molar-refractivity contribution in [2.75, 3.05) is 40.5 Å². The van der Waals surface area contributed by atoms with E-state index in [4.69, 9.17) is 9.47 Å².